The van der Waals surface area contributed by atoms with E-state index in [1.54, 1.807) is 18.2 Å². The number of rotatable bonds is 3. The van der Waals surface area contributed by atoms with Crippen molar-refractivity contribution in [1.82, 2.24) is 4.90 Å². The Hall–Kier alpha value is -1.26. The maximum absolute atomic E-state index is 12.8. The molecule has 2 aromatic rings. The molecule has 128 valence electrons. The van der Waals surface area contributed by atoms with Crippen LogP contribution in [-0.2, 0) is 0 Å². The molecule has 3 nitrogen and oxygen atoms in total. The minimum absolute atomic E-state index is 0. The summed E-state index contributed by atoms with van der Waals surface area (Å²) in [7, 11) is 0. The molecule has 0 aromatic heterocycles. The lowest BCUT2D eigenvalue weighted by Gasteiger charge is -2.18. The van der Waals surface area contributed by atoms with Crippen LogP contribution in [0.5, 0.6) is 0 Å². The standard InChI is InChI=1S/C18H18Cl2N2O.ClH/c19-15-7-4-8-16(20)17(15)18(23)22-10-13(9-21)14(11-22)12-5-2-1-3-6-12;/h1-8,13-14H,9-11,21H2;1H/t13-,14+;/m1./s1. The summed E-state index contributed by atoms with van der Waals surface area (Å²) in [6.45, 7) is 1.79. The minimum Gasteiger partial charge on any atom is -0.338 e. The zero-order valence-electron chi connectivity index (χ0n) is 13.0. The Labute approximate surface area is 158 Å². The lowest BCUT2D eigenvalue weighted by atomic mass is 9.89. The second-order valence-corrected chi connectivity index (χ2v) is 6.63. The molecule has 0 spiro atoms. The molecule has 0 unspecified atom stereocenters. The molecule has 0 aliphatic carbocycles. The third-order valence-corrected chi connectivity index (χ3v) is 5.07. The molecule has 2 N–H and O–H groups in total. The molecule has 1 amide bonds. The summed E-state index contributed by atoms with van der Waals surface area (Å²) in [5.74, 6) is 0.353. The van der Waals surface area contributed by atoms with Gasteiger partial charge in [-0.15, -0.1) is 12.4 Å². The first kappa shape index (κ1) is 19.1. The molecule has 1 fully saturated rings. The third kappa shape index (κ3) is 3.70. The van der Waals surface area contributed by atoms with E-state index in [1.807, 2.05) is 23.1 Å². The summed E-state index contributed by atoms with van der Waals surface area (Å²) in [6.07, 6.45) is 0. The minimum atomic E-state index is -0.127. The number of nitrogens with two attached hydrogens (primary N) is 1. The Kier molecular flexibility index (Phi) is 6.53. The molecule has 0 saturated carbocycles. The van der Waals surface area contributed by atoms with E-state index in [2.05, 4.69) is 12.1 Å². The molecule has 0 radical (unpaired) electrons. The van der Waals surface area contributed by atoms with Gasteiger partial charge in [0.05, 0.1) is 15.6 Å². The highest BCUT2D eigenvalue weighted by atomic mass is 35.5. The van der Waals surface area contributed by atoms with Crippen molar-refractivity contribution in [3.63, 3.8) is 0 Å². The van der Waals surface area contributed by atoms with Crippen LogP contribution in [0.15, 0.2) is 48.5 Å². The van der Waals surface area contributed by atoms with Crippen LogP contribution in [0.25, 0.3) is 0 Å². The van der Waals surface area contributed by atoms with Crippen LogP contribution in [0.2, 0.25) is 10.0 Å². The highest BCUT2D eigenvalue weighted by molar-refractivity contribution is 6.39. The van der Waals surface area contributed by atoms with E-state index >= 15 is 0 Å². The second-order valence-electron chi connectivity index (χ2n) is 5.82. The SMILES string of the molecule is Cl.NC[C@@H]1CN(C(=O)c2c(Cl)cccc2Cl)C[C@H]1c1ccccc1. The zero-order chi connectivity index (χ0) is 16.4. The van der Waals surface area contributed by atoms with Crippen LogP contribution < -0.4 is 5.73 Å². The largest absolute Gasteiger partial charge is 0.338 e. The Morgan fingerprint density at radius 3 is 2.25 bits per heavy atom. The Bertz CT molecular complexity index is 688. The van der Waals surface area contributed by atoms with Crippen molar-refractivity contribution in [2.45, 2.75) is 5.92 Å². The number of likely N-dealkylation sites (tertiary alicyclic amines) is 1. The summed E-state index contributed by atoms with van der Waals surface area (Å²) in [5, 5.41) is 0.768. The van der Waals surface area contributed by atoms with Crippen LogP contribution in [0.4, 0.5) is 0 Å². The highest BCUT2D eigenvalue weighted by Crippen LogP contribution is 2.34. The van der Waals surface area contributed by atoms with Crippen molar-refractivity contribution in [3.05, 3.63) is 69.7 Å². The summed E-state index contributed by atoms with van der Waals surface area (Å²) < 4.78 is 0. The van der Waals surface area contributed by atoms with E-state index in [0.29, 0.717) is 35.2 Å². The predicted molar refractivity (Wildman–Crippen MR) is 101 cm³/mol. The number of carbonyl (C=O) groups is 1. The number of carbonyl (C=O) groups excluding carboxylic acids is 1. The zero-order valence-corrected chi connectivity index (χ0v) is 15.3. The highest BCUT2D eigenvalue weighted by Gasteiger charge is 2.36. The van der Waals surface area contributed by atoms with Crippen LogP contribution in [0, 0.1) is 5.92 Å². The van der Waals surface area contributed by atoms with Crippen molar-refractivity contribution < 1.29 is 4.79 Å². The quantitative estimate of drug-likeness (QED) is 0.859. The van der Waals surface area contributed by atoms with Crippen LogP contribution in [0.3, 0.4) is 0 Å². The number of benzene rings is 2. The van der Waals surface area contributed by atoms with Gasteiger partial charge in [-0.05, 0) is 30.2 Å². The van der Waals surface area contributed by atoms with Crippen molar-refractivity contribution in [3.8, 4) is 0 Å². The van der Waals surface area contributed by atoms with E-state index in [4.69, 9.17) is 28.9 Å². The molecule has 24 heavy (non-hydrogen) atoms. The Morgan fingerprint density at radius 2 is 1.67 bits per heavy atom. The topological polar surface area (TPSA) is 46.3 Å². The summed E-state index contributed by atoms with van der Waals surface area (Å²) in [6, 6.07) is 15.3. The van der Waals surface area contributed by atoms with Crippen molar-refractivity contribution in [2.75, 3.05) is 19.6 Å². The molecular formula is C18H19Cl3N2O. The number of nitrogens with zero attached hydrogens (tertiary/aromatic N) is 1. The molecule has 1 aliphatic rings. The number of amides is 1. The average Bonchev–Trinajstić information content (AvgIpc) is 3.00. The van der Waals surface area contributed by atoms with Gasteiger partial charge < -0.3 is 10.6 Å². The van der Waals surface area contributed by atoms with Gasteiger partial charge in [-0.25, -0.2) is 0 Å². The molecule has 1 heterocycles. The number of hydrogen-bond donors (Lipinski definition) is 1. The summed E-state index contributed by atoms with van der Waals surface area (Å²) in [4.78, 5) is 14.7. The fourth-order valence-corrected chi connectivity index (χ4v) is 3.77. The van der Waals surface area contributed by atoms with Gasteiger partial charge in [-0.1, -0.05) is 59.6 Å². The first-order valence-electron chi connectivity index (χ1n) is 7.60. The maximum atomic E-state index is 12.8. The fraction of sp³-hybridized carbons (Fsp3) is 0.278. The molecule has 2 atom stereocenters. The summed E-state index contributed by atoms with van der Waals surface area (Å²) >= 11 is 12.3. The monoisotopic (exact) mass is 384 g/mol. The van der Waals surface area contributed by atoms with E-state index in [0.717, 1.165) is 0 Å². The Morgan fingerprint density at radius 1 is 1.04 bits per heavy atom. The van der Waals surface area contributed by atoms with Gasteiger partial charge in [-0.2, -0.15) is 0 Å². The van der Waals surface area contributed by atoms with Crippen LogP contribution >= 0.6 is 35.6 Å². The average molecular weight is 386 g/mol. The molecule has 1 saturated heterocycles. The van der Waals surface area contributed by atoms with Gasteiger partial charge in [0.1, 0.15) is 0 Å². The Balaban J connectivity index is 0.00000208. The van der Waals surface area contributed by atoms with Gasteiger partial charge in [0, 0.05) is 19.0 Å². The lowest BCUT2D eigenvalue weighted by Crippen LogP contribution is -2.30. The number of hydrogen-bond acceptors (Lipinski definition) is 2. The molecule has 2 aromatic carbocycles. The lowest BCUT2D eigenvalue weighted by molar-refractivity contribution is 0.0787. The van der Waals surface area contributed by atoms with Gasteiger partial charge in [0.15, 0.2) is 0 Å². The second kappa shape index (κ2) is 8.21. The van der Waals surface area contributed by atoms with Crippen LogP contribution in [-0.4, -0.2) is 30.4 Å². The normalized spacial score (nSPS) is 19.9. The third-order valence-electron chi connectivity index (χ3n) is 4.44. The van der Waals surface area contributed by atoms with Crippen molar-refractivity contribution in [1.29, 1.82) is 0 Å². The first-order chi connectivity index (χ1) is 11.1. The number of halogens is 3. The van der Waals surface area contributed by atoms with Crippen molar-refractivity contribution >= 4 is 41.5 Å². The van der Waals surface area contributed by atoms with E-state index < -0.39 is 0 Å². The fourth-order valence-electron chi connectivity index (χ4n) is 3.21. The molecule has 3 rings (SSSR count). The maximum Gasteiger partial charge on any atom is 0.256 e. The first-order valence-corrected chi connectivity index (χ1v) is 8.35. The van der Waals surface area contributed by atoms with Gasteiger partial charge in [-0.3, -0.25) is 4.79 Å². The molecular weight excluding hydrogens is 367 g/mol. The van der Waals surface area contributed by atoms with Gasteiger partial charge in [0.2, 0.25) is 0 Å². The van der Waals surface area contributed by atoms with Gasteiger partial charge >= 0.3 is 0 Å². The van der Waals surface area contributed by atoms with E-state index in [-0.39, 0.29) is 30.2 Å². The van der Waals surface area contributed by atoms with E-state index in [9.17, 15) is 4.79 Å². The summed E-state index contributed by atoms with van der Waals surface area (Å²) in [5.41, 5.74) is 7.52. The van der Waals surface area contributed by atoms with E-state index in [1.165, 1.54) is 5.56 Å². The predicted octanol–water partition coefficient (Wildman–Crippen LogP) is 4.23. The van der Waals surface area contributed by atoms with Crippen LogP contribution in [0.1, 0.15) is 21.8 Å². The molecule has 6 heteroatoms. The molecule has 1 aliphatic heterocycles. The molecule has 0 bridgehead atoms. The smallest absolute Gasteiger partial charge is 0.256 e. The van der Waals surface area contributed by atoms with Gasteiger partial charge in [0.25, 0.3) is 5.91 Å². The van der Waals surface area contributed by atoms with Crippen molar-refractivity contribution in [2.24, 2.45) is 11.7 Å².